The van der Waals surface area contributed by atoms with Crippen LogP contribution in [0.25, 0.3) is 0 Å². The van der Waals surface area contributed by atoms with E-state index >= 15 is 0 Å². The summed E-state index contributed by atoms with van der Waals surface area (Å²) in [5.74, 6) is -0.244. The number of rotatable bonds is 8. The van der Waals surface area contributed by atoms with Crippen molar-refractivity contribution in [2.75, 3.05) is 18.4 Å². The van der Waals surface area contributed by atoms with Gasteiger partial charge in [0.2, 0.25) is 0 Å². The van der Waals surface area contributed by atoms with Crippen LogP contribution in [0.3, 0.4) is 0 Å². The van der Waals surface area contributed by atoms with Gasteiger partial charge < -0.3 is 10.1 Å². The summed E-state index contributed by atoms with van der Waals surface area (Å²) >= 11 is 0. The van der Waals surface area contributed by atoms with Crippen molar-refractivity contribution in [2.45, 2.75) is 11.3 Å². The Morgan fingerprint density at radius 3 is 2.33 bits per heavy atom. The molecule has 0 bridgehead atoms. The summed E-state index contributed by atoms with van der Waals surface area (Å²) in [6.45, 7) is 0.397. The van der Waals surface area contributed by atoms with Gasteiger partial charge in [-0.1, -0.05) is 30.3 Å². The highest BCUT2D eigenvalue weighted by molar-refractivity contribution is 7.92. The lowest BCUT2D eigenvalue weighted by Crippen LogP contribution is -2.25. The number of ether oxygens (including phenoxy) is 1. The monoisotopic (exact) mass is 428 g/mol. The molecule has 8 heteroatoms. The summed E-state index contributed by atoms with van der Waals surface area (Å²) in [5, 5.41) is 2.80. The molecule has 0 saturated carbocycles. The van der Waals surface area contributed by atoms with Crippen LogP contribution in [0.5, 0.6) is 5.75 Å². The molecule has 2 N–H and O–H groups in total. The Bertz CT molecular complexity index is 1130. The zero-order valence-corrected chi connectivity index (χ0v) is 17.1. The molecule has 0 aliphatic heterocycles. The number of benzene rings is 3. The molecule has 1 amide bonds. The third-order valence-electron chi connectivity index (χ3n) is 4.42. The van der Waals surface area contributed by atoms with Crippen molar-refractivity contribution in [3.05, 3.63) is 89.7 Å². The highest BCUT2D eigenvalue weighted by Crippen LogP contribution is 2.20. The van der Waals surface area contributed by atoms with E-state index in [1.165, 1.54) is 42.5 Å². The fourth-order valence-electron chi connectivity index (χ4n) is 2.86. The molecular weight excluding hydrogens is 407 g/mol. The Morgan fingerprint density at radius 1 is 0.967 bits per heavy atom. The molecule has 0 aliphatic rings. The van der Waals surface area contributed by atoms with E-state index in [0.717, 1.165) is 17.4 Å². The van der Waals surface area contributed by atoms with Crippen LogP contribution in [0.1, 0.15) is 15.9 Å². The van der Waals surface area contributed by atoms with E-state index in [-0.39, 0.29) is 16.5 Å². The Morgan fingerprint density at radius 2 is 1.63 bits per heavy atom. The minimum absolute atomic E-state index is 0.0728. The Kier molecular flexibility index (Phi) is 6.68. The molecule has 0 heterocycles. The van der Waals surface area contributed by atoms with Gasteiger partial charge >= 0.3 is 0 Å². The van der Waals surface area contributed by atoms with Gasteiger partial charge in [0.15, 0.2) is 0 Å². The molecule has 0 unspecified atom stereocenters. The summed E-state index contributed by atoms with van der Waals surface area (Å²) in [6.07, 6.45) is 0.592. The van der Waals surface area contributed by atoms with Gasteiger partial charge in [-0.15, -0.1) is 0 Å². The number of carbonyl (C=O) groups is 1. The predicted octanol–water partition coefficient (Wildman–Crippen LogP) is 3.61. The maximum Gasteiger partial charge on any atom is 0.261 e. The molecule has 30 heavy (non-hydrogen) atoms. The lowest BCUT2D eigenvalue weighted by Gasteiger charge is -2.10. The number of hydrogen-bond acceptors (Lipinski definition) is 4. The maximum absolute atomic E-state index is 13.7. The minimum Gasteiger partial charge on any atom is -0.496 e. The molecule has 3 aromatic rings. The number of nitrogens with one attached hydrogen (secondary N) is 2. The van der Waals surface area contributed by atoms with Crippen LogP contribution in [0.15, 0.2) is 77.7 Å². The fourth-order valence-corrected chi connectivity index (χ4v) is 3.92. The van der Waals surface area contributed by atoms with Crippen LogP contribution < -0.4 is 14.8 Å². The SMILES string of the molecule is COc1ccccc1CCNC(=O)c1ccc(S(=O)(=O)Nc2ccccc2F)cc1. The standard InChI is InChI=1S/C22H21FN2O4S/c1-29-21-9-5-2-6-16(21)14-15-24-22(26)17-10-12-18(13-11-17)30(27,28)25-20-8-4-3-7-19(20)23/h2-13,25H,14-15H2,1H3,(H,24,26). The van der Waals surface area contributed by atoms with Gasteiger partial charge in [0.25, 0.3) is 15.9 Å². The van der Waals surface area contributed by atoms with E-state index in [1.807, 2.05) is 24.3 Å². The van der Waals surface area contributed by atoms with Crippen LogP contribution in [0.2, 0.25) is 0 Å². The molecule has 0 fully saturated rings. The Hall–Kier alpha value is -3.39. The molecule has 0 atom stereocenters. The molecule has 156 valence electrons. The van der Waals surface area contributed by atoms with E-state index in [9.17, 15) is 17.6 Å². The number of amides is 1. The first kappa shape index (κ1) is 21.3. The molecule has 3 rings (SSSR count). The summed E-state index contributed by atoms with van der Waals surface area (Å²) < 4.78 is 46.1. The van der Waals surface area contributed by atoms with E-state index in [1.54, 1.807) is 7.11 Å². The maximum atomic E-state index is 13.7. The van der Waals surface area contributed by atoms with Gasteiger partial charge in [0, 0.05) is 12.1 Å². The third kappa shape index (κ3) is 5.15. The van der Waals surface area contributed by atoms with E-state index < -0.39 is 15.8 Å². The summed E-state index contributed by atoms with van der Waals surface area (Å²) in [5.41, 5.74) is 1.15. The summed E-state index contributed by atoms with van der Waals surface area (Å²) in [4.78, 5) is 12.3. The lowest BCUT2D eigenvalue weighted by atomic mass is 10.1. The molecule has 0 radical (unpaired) electrons. The normalized spacial score (nSPS) is 11.0. The number of methoxy groups -OCH3 is 1. The lowest BCUT2D eigenvalue weighted by molar-refractivity contribution is 0.0954. The average Bonchev–Trinajstić information content (AvgIpc) is 2.75. The van der Waals surface area contributed by atoms with Crippen molar-refractivity contribution in [3.63, 3.8) is 0 Å². The number of hydrogen-bond donors (Lipinski definition) is 2. The Labute approximate surface area is 174 Å². The van der Waals surface area contributed by atoms with E-state index in [4.69, 9.17) is 4.74 Å². The van der Waals surface area contributed by atoms with E-state index in [2.05, 4.69) is 10.0 Å². The minimum atomic E-state index is -3.97. The van der Waals surface area contributed by atoms with Crippen LogP contribution in [-0.4, -0.2) is 28.0 Å². The number of para-hydroxylation sites is 2. The molecule has 0 saturated heterocycles. The van der Waals surface area contributed by atoms with Crippen molar-refractivity contribution in [3.8, 4) is 5.75 Å². The third-order valence-corrected chi connectivity index (χ3v) is 5.80. The van der Waals surface area contributed by atoms with Gasteiger partial charge in [0.05, 0.1) is 17.7 Å². The van der Waals surface area contributed by atoms with Crippen LogP contribution in [0.4, 0.5) is 10.1 Å². The number of halogens is 1. The smallest absolute Gasteiger partial charge is 0.261 e. The first-order chi connectivity index (χ1) is 14.4. The molecule has 0 spiro atoms. The number of anilines is 1. The van der Waals surface area contributed by atoms with Crippen LogP contribution >= 0.6 is 0 Å². The Balaban J connectivity index is 1.62. The first-order valence-electron chi connectivity index (χ1n) is 9.18. The van der Waals surface area contributed by atoms with Crippen LogP contribution in [-0.2, 0) is 16.4 Å². The molecule has 0 aliphatic carbocycles. The van der Waals surface area contributed by atoms with Gasteiger partial charge in [-0.05, 0) is 54.4 Å². The molecule has 0 aromatic heterocycles. The van der Waals surface area contributed by atoms with Crippen molar-refractivity contribution < 1.29 is 22.3 Å². The zero-order chi connectivity index (χ0) is 21.6. The quantitative estimate of drug-likeness (QED) is 0.574. The van der Waals surface area contributed by atoms with Crippen molar-refractivity contribution >= 4 is 21.6 Å². The van der Waals surface area contributed by atoms with Gasteiger partial charge in [-0.3, -0.25) is 9.52 Å². The largest absolute Gasteiger partial charge is 0.496 e. The van der Waals surface area contributed by atoms with Crippen molar-refractivity contribution in [2.24, 2.45) is 0 Å². The summed E-state index contributed by atoms with van der Waals surface area (Å²) in [7, 11) is -2.38. The first-order valence-corrected chi connectivity index (χ1v) is 10.7. The average molecular weight is 428 g/mol. The molecule has 3 aromatic carbocycles. The van der Waals surface area contributed by atoms with Crippen molar-refractivity contribution in [1.82, 2.24) is 5.32 Å². The summed E-state index contributed by atoms with van der Waals surface area (Å²) in [6, 6.07) is 18.5. The highest BCUT2D eigenvalue weighted by atomic mass is 32.2. The van der Waals surface area contributed by atoms with Gasteiger partial charge in [-0.2, -0.15) is 0 Å². The predicted molar refractivity (Wildman–Crippen MR) is 113 cm³/mol. The van der Waals surface area contributed by atoms with E-state index in [0.29, 0.717) is 18.5 Å². The van der Waals surface area contributed by atoms with Gasteiger partial charge in [0.1, 0.15) is 11.6 Å². The highest BCUT2D eigenvalue weighted by Gasteiger charge is 2.17. The second-order valence-corrected chi connectivity index (χ2v) is 8.11. The second-order valence-electron chi connectivity index (χ2n) is 6.43. The van der Waals surface area contributed by atoms with Crippen molar-refractivity contribution in [1.29, 1.82) is 0 Å². The van der Waals surface area contributed by atoms with Gasteiger partial charge in [-0.25, -0.2) is 12.8 Å². The molecular formula is C22H21FN2O4S. The fraction of sp³-hybridized carbons (Fsp3) is 0.136. The van der Waals surface area contributed by atoms with Crippen LogP contribution in [0, 0.1) is 5.82 Å². The number of carbonyl (C=O) groups excluding carboxylic acids is 1. The molecule has 6 nitrogen and oxygen atoms in total. The number of sulfonamides is 1. The zero-order valence-electron chi connectivity index (χ0n) is 16.3. The topological polar surface area (TPSA) is 84.5 Å². The second kappa shape index (κ2) is 9.41.